The Morgan fingerprint density at radius 3 is 2.45 bits per heavy atom. The van der Waals surface area contributed by atoms with Crippen LogP contribution in [-0.2, 0) is 0 Å². The molecule has 0 aliphatic carbocycles. The quantitative estimate of drug-likeness (QED) is 0.498. The van der Waals surface area contributed by atoms with E-state index in [1.807, 2.05) is 54.6 Å². The van der Waals surface area contributed by atoms with E-state index in [-0.39, 0.29) is 11.6 Å². The third kappa shape index (κ3) is 4.06. The van der Waals surface area contributed by atoms with Crippen molar-refractivity contribution in [2.75, 3.05) is 10.6 Å². The minimum absolute atomic E-state index is 0.255. The molecule has 0 spiro atoms. The van der Waals surface area contributed by atoms with Crippen LogP contribution in [0.1, 0.15) is 35.8 Å². The van der Waals surface area contributed by atoms with Gasteiger partial charge in [-0.25, -0.2) is 9.97 Å². The molecule has 0 saturated carbocycles. The van der Waals surface area contributed by atoms with Crippen LogP contribution in [0.3, 0.4) is 0 Å². The molecule has 0 saturated heterocycles. The van der Waals surface area contributed by atoms with Crippen LogP contribution >= 0.6 is 0 Å². The van der Waals surface area contributed by atoms with E-state index in [1.165, 1.54) is 6.20 Å². The Balaban J connectivity index is 1.51. The van der Waals surface area contributed by atoms with Crippen LogP contribution in [-0.4, -0.2) is 20.9 Å². The van der Waals surface area contributed by atoms with Gasteiger partial charge in [-0.15, -0.1) is 0 Å². The van der Waals surface area contributed by atoms with Crippen LogP contribution in [0.5, 0.6) is 0 Å². The van der Waals surface area contributed by atoms with Gasteiger partial charge >= 0.3 is 0 Å². The zero-order valence-electron chi connectivity index (χ0n) is 16.3. The van der Waals surface area contributed by atoms with Crippen molar-refractivity contribution in [2.24, 2.45) is 0 Å². The molecule has 0 aliphatic rings. The fourth-order valence-corrected chi connectivity index (χ4v) is 3.15. The van der Waals surface area contributed by atoms with Crippen LogP contribution in [0, 0.1) is 0 Å². The van der Waals surface area contributed by atoms with Gasteiger partial charge in [0.15, 0.2) is 0 Å². The molecule has 0 bridgehead atoms. The molecular weight excluding hydrogens is 362 g/mol. The van der Waals surface area contributed by atoms with E-state index in [1.54, 1.807) is 12.4 Å². The maximum atomic E-state index is 12.6. The summed E-state index contributed by atoms with van der Waals surface area (Å²) in [5, 5.41) is 7.18. The highest BCUT2D eigenvalue weighted by molar-refractivity contribution is 6.03. The summed E-state index contributed by atoms with van der Waals surface area (Å²) >= 11 is 0. The van der Waals surface area contributed by atoms with Gasteiger partial charge < -0.3 is 10.6 Å². The number of pyridine rings is 1. The molecule has 2 aromatic carbocycles. The number of rotatable bonds is 5. The maximum Gasteiger partial charge on any atom is 0.275 e. The molecule has 29 heavy (non-hydrogen) atoms. The zero-order valence-corrected chi connectivity index (χ0v) is 16.3. The molecule has 2 N–H and O–H groups in total. The molecule has 6 nitrogen and oxygen atoms in total. The minimum atomic E-state index is -0.288. The first-order chi connectivity index (χ1) is 14.1. The lowest BCUT2D eigenvalue weighted by Crippen LogP contribution is -2.15. The third-order valence-electron chi connectivity index (χ3n) is 4.61. The Labute approximate surface area is 169 Å². The van der Waals surface area contributed by atoms with Crippen molar-refractivity contribution in [1.82, 2.24) is 15.0 Å². The van der Waals surface area contributed by atoms with Gasteiger partial charge in [0.25, 0.3) is 5.91 Å². The van der Waals surface area contributed by atoms with Crippen molar-refractivity contribution < 1.29 is 4.79 Å². The molecule has 0 atom stereocenters. The van der Waals surface area contributed by atoms with Crippen LogP contribution in [0.25, 0.3) is 10.9 Å². The number of carbonyl (C=O) groups excluding carboxylic acids is 1. The summed E-state index contributed by atoms with van der Waals surface area (Å²) in [7, 11) is 0. The van der Waals surface area contributed by atoms with Gasteiger partial charge in [0.05, 0.1) is 23.6 Å². The number of para-hydroxylation sites is 2. The van der Waals surface area contributed by atoms with E-state index in [2.05, 4.69) is 39.4 Å². The standard InChI is InChI=1S/C23H21N5O/c1-15(2)17-9-3-4-10-18(17)28-23(29)20-13-26-21(14-25-20)27-19-11-5-7-16-8-6-12-24-22(16)19/h3-15H,1-2H3,(H,26,27)(H,28,29). The molecule has 4 rings (SSSR count). The maximum absolute atomic E-state index is 12.6. The van der Waals surface area contributed by atoms with Gasteiger partial charge in [-0.05, 0) is 29.7 Å². The predicted molar refractivity (Wildman–Crippen MR) is 116 cm³/mol. The van der Waals surface area contributed by atoms with E-state index in [9.17, 15) is 4.79 Å². The molecule has 0 unspecified atom stereocenters. The summed E-state index contributed by atoms with van der Waals surface area (Å²) in [6, 6.07) is 17.6. The Morgan fingerprint density at radius 2 is 1.66 bits per heavy atom. The van der Waals surface area contributed by atoms with E-state index in [0.717, 1.165) is 27.8 Å². The molecular formula is C23H21N5O. The smallest absolute Gasteiger partial charge is 0.275 e. The number of anilines is 3. The average molecular weight is 383 g/mol. The predicted octanol–water partition coefficient (Wildman–Crippen LogP) is 5.14. The van der Waals surface area contributed by atoms with Crippen LogP contribution in [0.15, 0.2) is 73.2 Å². The van der Waals surface area contributed by atoms with Crippen LogP contribution < -0.4 is 10.6 Å². The van der Waals surface area contributed by atoms with Crippen molar-refractivity contribution in [3.8, 4) is 0 Å². The fourth-order valence-electron chi connectivity index (χ4n) is 3.15. The molecule has 4 aromatic rings. The van der Waals surface area contributed by atoms with Crippen LogP contribution in [0.4, 0.5) is 17.2 Å². The van der Waals surface area contributed by atoms with Crippen molar-refractivity contribution in [3.63, 3.8) is 0 Å². The molecule has 1 amide bonds. The summed E-state index contributed by atoms with van der Waals surface area (Å²) in [5.74, 6) is 0.560. The van der Waals surface area contributed by atoms with Crippen molar-refractivity contribution in [1.29, 1.82) is 0 Å². The Kier molecular flexibility index (Phi) is 5.16. The molecule has 0 aliphatic heterocycles. The first-order valence-corrected chi connectivity index (χ1v) is 9.45. The number of fused-ring (bicyclic) bond motifs is 1. The lowest BCUT2D eigenvalue weighted by Gasteiger charge is -2.13. The highest BCUT2D eigenvalue weighted by Gasteiger charge is 2.13. The second-order valence-electron chi connectivity index (χ2n) is 6.99. The second kappa shape index (κ2) is 8.06. The van der Waals surface area contributed by atoms with E-state index < -0.39 is 0 Å². The topological polar surface area (TPSA) is 79.8 Å². The number of nitrogens with zero attached hydrogens (tertiary/aromatic N) is 3. The summed E-state index contributed by atoms with van der Waals surface area (Å²) in [6.45, 7) is 4.18. The molecule has 2 heterocycles. The Hall–Kier alpha value is -3.80. The molecule has 0 fully saturated rings. The van der Waals surface area contributed by atoms with Crippen LogP contribution in [0.2, 0.25) is 0 Å². The molecule has 0 radical (unpaired) electrons. The fraction of sp³-hybridized carbons (Fsp3) is 0.130. The lowest BCUT2D eigenvalue weighted by molar-refractivity contribution is 0.102. The summed E-state index contributed by atoms with van der Waals surface area (Å²) in [4.78, 5) is 25.6. The Morgan fingerprint density at radius 1 is 0.862 bits per heavy atom. The highest BCUT2D eigenvalue weighted by atomic mass is 16.1. The number of aromatic nitrogens is 3. The normalized spacial score (nSPS) is 10.9. The molecule has 2 aromatic heterocycles. The van der Waals surface area contributed by atoms with Gasteiger partial charge in [-0.1, -0.05) is 50.2 Å². The zero-order chi connectivity index (χ0) is 20.2. The Bertz CT molecular complexity index is 1150. The number of hydrogen-bond acceptors (Lipinski definition) is 5. The van der Waals surface area contributed by atoms with Gasteiger partial charge in [-0.3, -0.25) is 9.78 Å². The summed E-state index contributed by atoms with van der Waals surface area (Å²) in [6.07, 6.45) is 4.76. The van der Waals surface area contributed by atoms with E-state index >= 15 is 0 Å². The second-order valence-corrected chi connectivity index (χ2v) is 6.99. The minimum Gasteiger partial charge on any atom is -0.337 e. The summed E-state index contributed by atoms with van der Waals surface area (Å²) in [5.41, 5.74) is 3.81. The lowest BCUT2D eigenvalue weighted by atomic mass is 10.0. The monoisotopic (exact) mass is 383 g/mol. The number of hydrogen-bond donors (Lipinski definition) is 2. The third-order valence-corrected chi connectivity index (χ3v) is 4.61. The molecule has 144 valence electrons. The SMILES string of the molecule is CC(C)c1ccccc1NC(=O)c1cnc(Nc2cccc3cccnc23)cn1. The number of amides is 1. The van der Waals surface area contributed by atoms with E-state index in [0.29, 0.717) is 11.7 Å². The number of nitrogens with one attached hydrogen (secondary N) is 2. The average Bonchev–Trinajstić information content (AvgIpc) is 2.75. The summed E-state index contributed by atoms with van der Waals surface area (Å²) < 4.78 is 0. The number of carbonyl (C=O) groups is 1. The van der Waals surface area contributed by atoms with Crippen molar-refractivity contribution >= 4 is 34.0 Å². The van der Waals surface area contributed by atoms with Gasteiger partial charge in [-0.2, -0.15) is 0 Å². The first-order valence-electron chi connectivity index (χ1n) is 9.45. The largest absolute Gasteiger partial charge is 0.337 e. The number of benzene rings is 2. The van der Waals surface area contributed by atoms with E-state index in [4.69, 9.17) is 0 Å². The molecule has 6 heteroatoms. The van der Waals surface area contributed by atoms with Gasteiger partial charge in [0, 0.05) is 17.3 Å². The van der Waals surface area contributed by atoms with Crippen molar-refractivity contribution in [3.05, 3.63) is 84.4 Å². The van der Waals surface area contributed by atoms with Crippen molar-refractivity contribution in [2.45, 2.75) is 19.8 Å². The highest BCUT2D eigenvalue weighted by Crippen LogP contribution is 2.25. The van der Waals surface area contributed by atoms with Gasteiger partial charge in [0.1, 0.15) is 11.5 Å². The van der Waals surface area contributed by atoms with Gasteiger partial charge in [0.2, 0.25) is 0 Å². The first kappa shape index (κ1) is 18.6.